The minimum Gasteiger partial charge on any atom is -0.295 e. The van der Waals surface area contributed by atoms with Gasteiger partial charge in [-0.25, -0.2) is 0 Å². The van der Waals surface area contributed by atoms with Crippen LogP contribution in [0.25, 0.3) is 0 Å². The van der Waals surface area contributed by atoms with Crippen LogP contribution in [0.2, 0.25) is 0 Å². The number of nitrogens with zero attached hydrogens (tertiary/aromatic N) is 1. The fraction of sp³-hybridized carbons (Fsp3) is 0.758. The number of halogens is 1. The third-order valence-electron chi connectivity index (χ3n) is 11.6. The van der Waals surface area contributed by atoms with Crippen LogP contribution in [-0.2, 0) is 14.4 Å². The summed E-state index contributed by atoms with van der Waals surface area (Å²) >= 11 is 0. The fourth-order valence-corrected chi connectivity index (χ4v) is 8.62. The smallest absolute Gasteiger partial charge is 0.295 e. The second-order valence-electron chi connectivity index (χ2n) is 15.2. The molecular formula is C33H48FNO3. The molecule has 0 aromatic heterocycles. The van der Waals surface area contributed by atoms with Gasteiger partial charge >= 0.3 is 6.04 Å². The summed E-state index contributed by atoms with van der Waals surface area (Å²) < 4.78 is 14.8. The third-order valence-corrected chi connectivity index (χ3v) is 11.6. The lowest BCUT2D eigenvalue weighted by molar-refractivity contribution is -0.150. The Bertz CT molecular complexity index is 1140. The first-order valence-corrected chi connectivity index (χ1v) is 14.3. The highest BCUT2D eigenvalue weighted by Crippen LogP contribution is 2.67. The van der Waals surface area contributed by atoms with E-state index in [0.717, 1.165) is 31.3 Å². The Morgan fingerprint density at radius 1 is 1.13 bits per heavy atom. The van der Waals surface area contributed by atoms with Crippen molar-refractivity contribution in [2.75, 3.05) is 0 Å². The molecule has 210 valence electrons. The number of hydrogen-bond acceptors (Lipinski definition) is 4. The first-order valence-electron chi connectivity index (χ1n) is 14.3. The molecular weight excluding hydrogens is 477 g/mol. The Morgan fingerprint density at radius 3 is 2.24 bits per heavy atom. The van der Waals surface area contributed by atoms with Gasteiger partial charge in [-0.2, -0.15) is 9.65 Å². The predicted molar refractivity (Wildman–Crippen MR) is 149 cm³/mol. The Kier molecular flexibility index (Phi) is 7.63. The molecule has 2 saturated carbocycles. The highest BCUT2D eigenvalue weighted by molar-refractivity contribution is 6.04. The summed E-state index contributed by atoms with van der Waals surface area (Å²) in [5, 5.41) is 9.83. The van der Waals surface area contributed by atoms with Gasteiger partial charge in [-0.15, -0.1) is 0 Å². The minimum atomic E-state index is -1.19. The number of rotatable bonds is 6. The van der Waals surface area contributed by atoms with Gasteiger partial charge in [-0.3, -0.25) is 14.4 Å². The van der Waals surface area contributed by atoms with Crippen molar-refractivity contribution < 1.29 is 18.8 Å². The molecule has 4 nitrogen and oxygen atoms in total. The summed E-state index contributed by atoms with van der Waals surface area (Å²) in [6.07, 6.45) is 8.39. The molecule has 5 atom stereocenters. The molecule has 0 radical (unpaired) electrons. The van der Waals surface area contributed by atoms with E-state index >= 15 is 0 Å². The molecule has 0 aliphatic heterocycles. The SMILES string of the molecule is CC(=O)/C=C1/[C@@]2(C)C=C(C#N)C(=O)C(C)(C)[C@@H]2CC[C@@]1(C)C(C)(C)CC[C@@]1(C(=O)F)CCC(C)(C)CC1C. The van der Waals surface area contributed by atoms with Crippen LogP contribution in [0.4, 0.5) is 4.39 Å². The van der Waals surface area contributed by atoms with E-state index in [2.05, 4.69) is 47.6 Å². The molecule has 0 aromatic rings. The van der Waals surface area contributed by atoms with Gasteiger partial charge in [-0.1, -0.05) is 74.0 Å². The Hall–Kier alpha value is -2.09. The highest BCUT2D eigenvalue weighted by Gasteiger charge is 2.61. The standard InChI is InChI=1S/C33H48FNO3/c1-21-18-28(3,4)13-15-33(21,27(34)38)16-14-29(5,6)32(10)12-11-24-30(7,8)26(37)23(20-35)19-31(24,9)25(32)17-22(2)36/h17,19,21,24H,11-16,18H2,1-10H3/b25-17-/t21?,24-,31-,32+,33-/m0/s1. The third kappa shape index (κ3) is 4.65. The molecule has 1 unspecified atom stereocenters. The molecule has 3 rings (SSSR count). The van der Waals surface area contributed by atoms with Crippen molar-refractivity contribution in [3.63, 3.8) is 0 Å². The van der Waals surface area contributed by atoms with Crippen molar-refractivity contribution in [2.24, 2.45) is 44.3 Å². The molecule has 0 heterocycles. The minimum absolute atomic E-state index is 0.0425. The van der Waals surface area contributed by atoms with Gasteiger partial charge in [0.25, 0.3) is 0 Å². The second kappa shape index (κ2) is 9.53. The number of Topliss-reactive ketones (excluding diaryl/α,β-unsaturated/α-hetero) is 1. The topological polar surface area (TPSA) is 75.0 Å². The quantitative estimate of drug-likeness (QED) is 0.259. The van der Waals surface area contributed by atoms with Crippen LogP contribution in [0.3, 0.4) is 0 Å². The van der Waals surface area contributed by atoms with Gasteiger partial charge in [-0.05, 0) is 86.0 Å². The van der Waals surface area contributed by atoms with Crippen LogP contribution in [-0.4, -0.2) is 17.6 Å². The van der Waals surface area contributed by atoms with E-state index < -0.39 is 27.7 Å². The van der Waals surface area contributed by atoms with Gasteiger partial charge in [0, 0.05) is 10.8 Å². The lowest BCUT2D eigenvalue weighted by atomic mass is 9.42. The lowest BCUT2D eigenvalue weighted by Crippen LogP contribution is -2.56. The zero-order valence-electron chi connectivity index (χ0n) is 25.3. The molecule has 38 heavy (non-hydrogen) atoms. The summed E-state index contributed by atoms with van der Waals surface area (Å²) in [6.45, 7) is 20.4. The maximum absolute atomic E-state index is 14.8. The molecule has 0 amide bonds. The molecule has 0 saturated heterocycles. The van der Waals surface area contributed by atoms with Crippen molar-refractivity contribution >= 4 is 17.6 Å². The number of allylic oxidation sites excluding steroid dienone is 4. The van der Waals surface area contributed by atoms with Crippen molar-refractivity contribution in [3.8, 4) is 6.07 Å². The fourth-order valence-electron chi connectivity index (χ4n) is 8.62. The zero-order chi connectivity index (χ0) is 29.1. The van der Waals surface area contributed by atoms with E-state index in [1.807, 2.05) is 26.8 Å². The van der Waals surface area contributed by atoms with Crippen LogP contribution in [0, 0.1) is 55.7 Å². The molecule has 2 fully saturated rings. The summed E-state index contributed by atoms with van der Waals surface area (Å²) in [7, 11) is 0. The van der Waals surface area contributed by atoms with Crippen molar-refractivity contribution in [2.45, 2.75) is 114 Å². The second-order valence-corrected chi connectivity index (χ2v) is 15.2. The maximum atomic E-state index is 14.8. The van der Waals surface area contributed by atoms with Gasteiger partial charge in [0.05, 0.1) is 11.0 Å². The van der Waals surface area contributed by atoms with Crippen LogP contribution in [0.15, 0.2) is 23.3 Å². The van der Waals surface area contributed by atoms with Crippen molar-refractivity contribution in [1.29, 1.82) is 5.26 Å². The number of carbonyl (C=O) groups is 3. The number of nitriles is 1. The molecule has 3 aliphatic carbocycles. The normalized spacial score (nSPS) is 37.7. The van der Waals surface area contributed by atoms with Crippen LogP contribution < -0.4 is 0 Å². The molecule has 0 aromatic carbocycles. The lowest BCUT2D eigenvalue weighted by Gasteiger charge is -2.61. The molecule has 3 aliphatic rings. The van der Waals surface area contributed by atoms with E-state index in [4.69, 9.17) is 0 Å². The molecule has 5 heteroatoms. The number of carbonyl (C=O) groups excluding carboxylic acids is 3. The summed E-state index contributed by atoms with van der Waals surface area (Å²) in [4.78, 5) is 38.4. The van der Waals surface area contributed by atoms with Crippen LogP contribution in [0.5, 0.6) is 0 Å². The van der Waals surface area contributed by atoms with E-state index in [9.17, 15) is 24.0 Å². The average Bonchev–Trinajstić information content (AvgIpc) is 2.77. The predicted octanol–water partition coefficient (Wildman–Crippen LogP) is 8.12. The van der Waals surface area contributed by atoms with Gasteiger partial charge in [0.2, 0.25) is 0 Å². The van der Waals surface area contributed by atoms with Gasteiger partial charge in [0.15, 0.2) is 11.6 Å². The van der Waals surface area contributed by atoms with Crippen LogP contribution >= 0.6 is 0 Å². The monoisotopic (exact) mass is 525 g/mol. The van der Waals surface area contributed by atoms with E-state index in [1.54, 1.807) is 13.0 Å². The van der Waals surface area contributed by atoms with Gasteiger partial charge in [0.1, 0.15) is 6.07 Å². The zero-order valence-corrected chi connectivity index (χ0v) is 25.3. The Labute approximate surface area is 229 Å². The maximum Gasteiger partial charge on any atom is 0.307 e. The summed E-state index contributed by atoms with van der Waals surface area (Å²) in [5.41, 5.74) is -1.96. The molecule has 0 N–H and O–H groups in total. The Balaban J connectivity index is 2.08. The number of ketones is 2. The first-order chi connectivity index (χ1) is 17.2. The van der Waals surface area contributed by atoms with E-state index in [0.29, 0.717) is 19.3 Å². The highest BCUT2D eigenvalue weighted by atomic mass is 19.1. The van der Waals surface area contributed by atoms with E-state index in [1.165, 1.54) is 0 Å². The Morgan fingerprint density at radius 2 is 1.74 bits per heavy atom. The number of hydrogen-bond donors (Lipinski definition) is 0. The molecule has 0 spiro atoms. The number of fused-ring (bicyclic) bond motifs is 1. The molecule has 0 bridgehead atoms. The van der Waals surface area contributed by atoms with Crippen LogP contribution in [0.1, 0.15) is 114 Å². The average molecular weight is 526 g/mol. The first kappa shape index (κ1) is 30.5. The summed E-state index contributed by atoms with van der Waals surface area (Å²) in [5.74, 6) is -0.290. The largest absolute Gasteiger partial charge is 0.307 e. The van der Waals surface area contributed by atoms with Crippen molar-refractivity contribution in [3.05, 3.63) is 23.3 Å². The van der Waals surface area contributed by atoms with E-state index in [-0.39, 0.29) is 39.8 Å². The summed E-state index contributed by atoms with van der Waals surface area (Å²) in [6, 6.07) is 0.936. The van der Waals surface area contributed by atoms with Gasteiger partial charge < -0.3 is 0 Å². The van der Waals surface area contributed by atoms with Crippen molar-refractivity contribution in [1.82, 2.24) is 0 Å².